The van der Waals surface area contributed by atoms with E-state index >= 15 is 0 Å². The van der Waals surface area contributed by atoms with Crippen LogP contribution in [0.1, 0.15) is 46.1 Å². The quantitative estimate of drug-likeness (QED) is 0.456. The van der Waals surface area contributed by atoms with Crippen molar-refractivity contribution < 1.29 is 4.79 Å². The van der Waals surface area contributed by atoms with Gasteiger partial charge in [-0.15, -0.1) is 5.10 Å². The third-order valence-corrected chi connectivity index (χ3v) is 6.67. The lowest BCUT2D eigenvalue weighted by molar-refractivity contribution is 0.0704. The van der Waals surface area contributed by atoms with Gasteiger partial charge in [0.2, 0.25) is 0 Å². The summed E-state index contributed by atoms with van der Waals surface area (Å²) in [6, 6.07) is 12.8. The molecule has 5 rings (SSSR count). The van der Waals surface area contributed by atoms with Crippen LogP contribution in [0.3, 0.4) is 0 Å². The fourth-order valence-corrected chi connectivity index (χ4v) is 4.81. The van der Waals surface area contributed by atoms with Crippen LogP contribution in [0.25, 0.3) is 11.2 Å². The van der Waals surface area contributed by atoms with Crippen molar-refractivity contribution in [1.29, 1.82) is 0 Å². The summed E-state index contributed by atoms with van der Waals surface area (Å²) >= 11 is 12.3. The number of fused-ring (bicyclic) bond motifs is 1. The van der Waals surface area contributed by atoms with E-state index < -0.39 is 0 Å². The van der Waals surface area contributed by atoms with Gasteiger partial charge in [-0.2, -0.15) is 0 Å². The SMILES string of the molecule is Cc1cccc(C(=O)N2CCC[C@H](c3nc4c(nnn4Cc4ccc(Cl)cc4Cl)c(=O)[nH]3)C2)c1. The second kappa shape index (κ2) is 9.19. The van der Waals surface area contributed by atoms with Crippen molar-refractivity contribution in [3.63, 3.8) is 0 Å². The predicted molar refractivity (Wildman–Crippen MR) is 131 cm³/mol. The summed E-state index contributed by atoms with van der Waals surface area (Å²) in [5.74, 6) is 0.424. The molecular weight excluding hydrogens is 475 g/mol. The van der Waals surface area contributed by atoms with Crippen molar-refractivity contribution in [2.45, 2.75) is 32.2 Å². The highest BCUT2D eigenvalue weighted by molar-refractivity contribution is 6.35. The lowest BCUT2D eigenvalue weighted by Gasteiger charge is -2.32. The monoisotopic (exact) mass is 496 g/mol. The number of hydrogen-bond acceptors (Lipinski definition) is 5. The maximum atomic E-state index is 13.1. The van der Waals surface area contributed by atoms with Gasteiger partial charge in [0.05, 0.1) is 6.54 Å². The number of aromatic amines is 1. The van der Waals surface area contributed by atoms with Gasteiger partial charge in [-0.3, -0.25) is 9.59 Å². The van der Waals surface area contributed by atoms with Crippen LogP contribution in [0, 0.1) is 6.92 Å². The molecule has 3 heterocycles. The average Bonchev–Trinajstić information content (AvgIpc) is 3.24. The van der Waals surface area contributed by atoms with Gasteiger partial charge in [-0.05, 0) is 49.6 Å². The van der Waals surface area contributed by atoms with E-state index in [0.717, 1.165) is 24.0 Å². The number of piperidine rings is 1. The molecule has 2 aromatic heterocycles. The summed E-state index contributed by atoms with van der Waals surface area (Å²) in [7, 11) is 0. The maximum Gasteiger partial charge on any atom is 0.281 e. The lowest BCUT2D eigenvalue weighted by Crippen LogP contribution is -2.40. The molecule has 0 saturated carbocycles. The van der Waals surface area contributed by atoms with Crippen LogP contribution in [-0.4, -0.2) is 48.9 Å². The number of likely N-dealkylation sites (tertiary alicyclic amines) is 1. The van der Waals surface area contributed by atoms with Crippen LogP contribution in [-0.2, 0) is 6.54 Å². The molecule has 0 aliphatic carbocycles. The topological polar surface area (TPSA) is 96.8 Å². The molecule has 0 bridgehead atoms. The van der Waals surface area contributed by atoms with Gasteiger partial charge in [0.25, 0.3) is 11.5 Å². The number of carbonyl (C=O) groups excluding carboxylic acids is 1. The molecule has 1 N–H and O–H groups in total. The van der Waals surface area contributed by atoms with E-state index in [1.807, 2.05) is 42.2 Å². The number of nitrogens with one attached hydrogen (secondary N) is 1. The Balaban J connectivity index is 1.43. The first-order valence-electron chi connectivity index (χ1n) is 11.0. The van der Waals surface area contributed by atoms with Crippen molar-refractivity contribution in [2.24, 2.45) is 0 Å². The molecule has 4 aromatic rings. The Morgan fingerprint density at radius 2 is 2.06 bits per heavy atom. The number of amides is 1. The largest absolute Gasteiger partial charge is 0.338 e. The summed E-state index contributed by atoms with van der Waals surface area (Å²) in [5.41, 5.74) is 2.69. The highest BCUT2D eigenvalue weighted by atomic mass is 35.5. The van der Waals surface area contributed by atoms with E-state index in [4.69, 9.17) is 28.2 Å². The molecule has 34 heavy (non-hydrogen) atoms. The molecule has 1 atom stereocenters. The Hall–Kier alpha value is -3.23. The fraction of sp³-hybridized carbons (Fsp3) is 0.292. The molecule has 1 amide bonds. The number of aryl methyl sites for hydroxylation is 1. The molecule has 0 spiro atoms. The van der Waals surface area contributed by atoms with Crippen molar-refractivity contribution in [3.05, 3.63) is 85.4 Å². The van der Waals surface area contributed by atoms with Crippen LogP contribution in [0.4, 0.5) is 0 Å². The van der Waals surface area contributed by atoms with Crippen molar-refractivity contribution in [2.75, 3.05) is 13.1 Å². The third-order valence-electron chi connectivity index (χ3n) is 6.09. The maximum absolute atomic E-state index is 13.1. The summed E-state index contributed by atoms with van der Waals surface area (Å²) < 4.78 is 1.56. The smallest absolute Gasteiger partial charge is 0.281 e. The number of nitrogens with zero attached hydrogens (tertiary/aromatic N) is 5. The summed E-state index contributed by atoms with van der Waals surface area (Å²) in [6.45, 7) is 3.41. The Morgan fingerprint density at radius 3 is 2.85 bits per heavy atom. The lowest BCUT2D eigenvalue weighted by atomic mass is 9.96. The molecule has 8 nitrogen and oxygen atoms in total. The number of benzene rings is 2. The first-order valence-corrected chi connectivity index (χ1v) is 11.8. The van der Waals surface area contributed by atoms with Gasteiger partial charge < -0.3 is 9.88 Å². The molecule has 1 aliphatic rings. The normalized spacial score (nSPS) is 16.2. The van der Waals surface area contributed by atoms with Crippen molar-refractivity contribution in [1.82, 2.24) is 29.9 Å². The third kappa shape index (κ3) is 4.43. The van der Waals surface area contributed by atoms with E-state index in [1.54, 1.807) is 16.8 Å². The zero-order valence-electron chi connectivity index (χ0n) is 18.5. The zero-order valence-corrected chi connectivity index (χ0v) is 20.0. The highest BCUT2D eigenvalue weighted by Crippen LogP contribution is 2.26. The van der Waals surface area contributed by atoms with Gasteiger partial charge in [0.1, 0.15) is 5.82 Å². The minimum atomic E-state index is -0.351. The number of rotatable bonds is 4. The Bertz CT molecular complexity index is 1450. The Kier molecular flexibility index (Phi) is 6.10. The summed E-state index contributed by atoms with van der Waals surface area (Å²) in [4.78, 5) is 35.2. The number of halogens is 2. The number of aromatic nitrogens is 5. The predicted octanol–water partition coefficient (Wildman–Crippen LogP) is 4.20. The zero-order chi connectivity index (χ0) is 23.8. The first kappa shape index (κ1) is 22.6. The number of carbonyl (C=O) groups is 1. The van der Waals surface area contributed by atoms with Crippen LogP contribution >= 0.6 is 23.2 Å². The van der Waals surface area contributed by atoms with Gasteiger partial charge in [-0.1, -0.05) is 52.2 Å². The summed E-state index contributed by atoms with van der Waals surface area (Å²) in [5, 5.41) is 9.17. The average molecular weight is 497 g/mol. The van der Waals surface area contributed by atoms with Gasteiger partial charge >= 0.3 is 0 Å². The molecule has 1 saturated heterocycles. The van der Waals surface area contributed by atoms with E-state index in [-0.39, 0.29) is 22.9 Å². The molecule has 2 aromatic carbocycles. The molecule has 0 unspecified atom stereocenters. The fourth-order valence-electron chi connectivity index (χ4n) is 4.34. The molecule has 1 fully saturated rings. The Morgan fingerprint density at radius 1 is 1.21 bits per heavy atom. The number of hydrogen-bond donors (Lipinski definition) is 1. The second-order valence-corrected chi connectivity index (χ2v) is 9.41. The van der Waals surface area contributed by atoms with E-state index in [9.17, 15) is 9.59 Å². The van der Waals surface area contributed by atoms with Crippen LogP contribution in [0.5, 0.6) is 0 Å². The van der Waals surface area contributed by atoms with Gasteiger partial charge in [-0.25, -0.2) is 9.67 Å². The van der Waals surface area contributed by atoms with Gasteiger partial charge in [0, 0.05) is 34.6 Å². The van der Waals surface area contributed by atoms with Gasteiger partial charge in [0.15, 0.2) is 11.2 Å². The van der Waals surface area contributed by atoms with Crippen molar-refractivity contribution >= 4 is 40.3 Å². The highest BCUT2D eigenvalue weighted by Gasteiger charge is 2.28. The standard InChI is InChI=1S/C24H22Cl2N6O2/c1-14-4-2-5-15(10-14)24(34)31-9-3-6-17(12-31)21-27-22-20(23(33)28-21)29-30-32(22)13-16-7-8-18(25)11-19(16)26/h2,4-5,7-8,10-11,17H,3,6,9,12-13H2,1H3,(H,27,28,33)/t17-/m0/s1. The Labute approximate surface area is 205 Å². The molecule has 174 valence electrons. The molecule has 1 aliphatic heterocycles. The van der Waals surface area contributed by atoms with Crippen LogP contribution < -0.4 is 5.56 Å². The number of H-pyrrole nitrogens is 1. The molecule has 10 heteroatoms. The van der Waals surface area contributed by atoms with Crippen LogP contribution in [0.15, 0.2) is 47.3 Å². The van der Waals surface area contributed by atoms with E-state index in [0.29, 0.717) is 46.7 Å². The molecule has 0 radical (unpaired) electrons. The molecular formula is C24H22Cl2N6O2. The van der Waals surface area contributed by atoms with Crippen molar-refractivity contribution in [3.8, 4) is 0 Å². The second-order valence-electron chi connectivity index (χ2n) is 8.57. The van der Waals surface area contributed by atoms with Crippen LogP contribution in [0.2, 0.25) is 10.0 Å². The summed E-state index contributed by atoms with van der Waals surface area (Å²) in [6.07, 6.45) is 1.64. The first-order chi connectivity index (χ1) is 16.4. The van der Waals surface area contributed by atoms with E-state index in [2.05, 4.69) is 15.3 Å². The minimum Gasteiger partial charge on any atom is -0.338 e. The van der Waals surface area contributed by atoms with E-state index in [1.165, 1.54) is 0 Å². The minimum absolute atomic E-state index is 0.0130.